The van der Waals surface area contributed by atoms with Gasteiger partial charge in [0.2, 0.25) is 10.0 Å². The lowest BCUT2D eigenvalue weighted by Crippen LogP contribution is -2.45. The summed E-state index contributed by atoms with van der Waals surface area (Å²) in [4.78, 5) is 0.194. The summed E-state index contributed by atoms with van der Waals surface area (Å²) in [6, 6.07) is 6.85. The molecule has 4 nitrogen and oxygen atoms in total. The van der Waals surface area contributed by atoms with Crippen LogP contribution in [0.2, 0.25) is 5.02 Å². The van der Waals surface area contributed by atoms with Crippen LogP contribution in [-0.4, -0.2) is 38.4 Å². The van der Waals surface area contributed by atoms with Crippen molar-refractivity contribution >= 4 is 21.6 Å². The summed E-state index contributed by atoms with van der Waals surface area (Å²) >= 11 is 6.03. The standard InChI is InChI=1S/C14H21ClN2O2S/c1-2-17(11-12-7-5-6-10-16-12)20(18,19)14-9-4-3-8-13(14)15/h3-4,8-9,12,16H,2,5-7,10-11H2,1H3. The van der Waals surface area contributed by atoms with Crippen LogP contribution in [0.1, 0.15) is 26.2 Å². The Balaban J connectivity index is 2.19. The Hall–Kier alpha value is -0.620. The molecule has 1 atom stereocenters. The molecule has 0 saturated carbocycles. The first-order chi connectivity index (χ1) is 9.55. The van der Waals surface area contributed by atoms with Gasteiger partial charge in [-0.15, -0.1) is 0 Å². The number of hydrogen-bond acceptors (Lipinski definition) is 3. The van der Waals surface area contributed by atoms with E-state index in [0.29, 0.717) is 13.1 Å². The van der Waals surface area contributed by atoms with Crippen LogP contribution < -0.4 is 5.32 Å². The lowest BCUT2D eigenvalue weighted by atomic mass is 10.1. The molecule has 1 heterocycles. The van der Waals surface area contributed by atoms with E-state index >= 15 is 0 Å². The number of nitrogens with one attached hydrogen (secondary N) is 1. The molecule has 6 heteroatoms. The van der Waals surface area contributed by atoms with Crippen molar-refractivity contribution in [3.05, 3.63) is 29.3 Å². The van der Waals surface area contributed by atoms with E-state index in [0.717, 1.165) is 19.4 Å². The van der Waals surface area contributed by atoms with Crippen molar-refractivity contribution in [3.8, 4) is 0 Å². The Labute approximate surface area is 126 Å². The molecular formula is C14H21ClN2O2S. The highest BCUT2D eigenvalue weighted by molar-refractivity contribution is 7.89. The van der Waals surface area contributed by atoms with Gasteiger partial charge >= 0.3 is 0 Å². The Kier molecular flexibility index (Phi) is 5.43. The van der Waals surface area contributed by atoms with Crippen molar-refractivity contribution in [2.24, 2.45) is 0 Å². The lowest BCUT2D eigenvalue weighted by molar-refractivity contribution is 0.319. The molecule has 0 aliphatic carbocycles. The van der Waals surface area contributed by atoms with Gasteiger partial charge in [0.05, 0.1) is 5.02 Å². The Bertz CT molecular complexity index is 542. The number of sulfonamides is 1. The van der Waals surface area contributed by atoms with E-state index in [-0.39, 0.29) is 16.0 Å². The second-order valence-electron chi connectivity index (χ2n) is 5.03. The van der Waals surface area contributed by atoms with Gasteiger partial charge in [0, 0.05) is 19.1 Å². The number of benzene rings is 1. The number of hydrogen-bond donors (Lipinski definition) is 1. The van der Waals surface area contributed by atoms with Crippen LogP contribution in [0, 0.1) is 0 Å². The third kappa shape index (κ3) is 3.52. The molecule has 0 radical (unpaired) electrons. The fraction of sp³-hybridized carbons (Fsp3) is 0.571. The minimum atomic E-state index is -3.52. The van der Waals surface area contributed by atoms with Crippen LogP contribution >= 0.6 is 11.6 Å². The molecule has 20 heavy (non-hydrogen) atoms. The lowest BCUT2D eigenvalue weighted by Gasteiger charge is -2.29. The van der Waals surface area contributed by atoms with E-state index < -0.39 is 10.0 Å². The molecule has 0 bridgehead atoms. The number of piperidine rings is 1. The highest BCUT2D eigenvalue weighted by Gasteiger charge is 2.28. The third-order valence-electron chi connectivity index (χ3n) is 3.64. The van der Waals surface area contributed by atoms with Crippen LogP contribution in [0.25, 0.3) is 0 Å². The number of likely N-dealkylation sites (N-methyl/N-ethyl adjacent to an activating group) is 1. The van der Waals surface area contributed by atoms with E-state index in [1.165, 1.54) is 10.7 Å². The molecular weight excluding hydrogens is 296 g/mol. The second-order valence-corrected chi connectivity index (χ2v) is 7.35. The highest BCUT2D eigenvalue weighted by atomic mass is 35.5. The topological polar surface area (TPSA) is 49.4 Å². The first-order valence-electron chi connectivity index (χ1n) is 7.03. The zero-order chi connectivity index (χ0) is 14.6. The minimum absolute atomic E-state index is 0.194. The predicted octanol–water partition coefficient (Wildman–Crippen LogP) is 2.49. The fourth-order valence-corrected chi connectivity index (χ4v) is 4.50. The fourth-order valence-electron chi connectivity index (χ4n) is 2.52. The van der Waals surface area contributed by atoms with E-state index in [4.69, 9.17) is 11.6 Å². The van der Waals surface area contributed by atoms with E-state index in [1.807, 2.05) is 6.92 Å². The molecule has 1 fully saturated rings. The zero-order valence-corrected chi connectivity index (χ0v) is 13.3. The molecule has 2 rings (SSSR count). The summed E-state index contributed by atoms with van der Waals surface area (Å²) in [5.41, 5.74) is 0. The summed E-state index contributed by atoms with van der Waals surface area (Å²) in [5.74, 6) is 0. The van der Waals surface area contributed by atoms with Gasteiger partial charge in [-0.2, -0.15) is 4.31 Å². The molecule has 1 N–H and O–H groups in total. The van der Waals surface area contributed by atoms with Gasteiger partial charge in [0.1, 0.15) is 4.90 Å². The van der Waals surface area contributed by atoms with Crippen molar-refractivity contribution in [1.82, 2.24) is 9.62 Å². The second kappa shape index (κ2) is 6.89. The van der Waals surface area contributed by atoms with E-state index in [1.54, 1.807) is 24.3 Å². The smallest absolute Gasteiger partial charge is 0.244 e. The Morgan fingerprint density at radius 3 is 2.70 bits per heavy atom. The number of halogens is 1. The summed E-state index contributed by atoms with van der Waals surface area (Å²) in [7, 11) is -3.52. The summed E-state index contributed by atoms with van der Waals surface area (Å²) in [5, 5.41) is 3.66. The SMILES string of the molecule is CCN(CC1CCCCN1)S(=O)(=O)c1ccccc1Cl. The van der Waals surface area contributed by atoms with Crippen LogP contribution in [0.15, 0.2) is 29.2 Å². The molecule has 1 aromatic rings. The first-order valence-corrected chi connectivity index (χ1v) is 8.85. The van der Waals surface area contributed by atoms with Gasteiger partial charge < -0.3 is 5.32 Å². The van der Waals surface area contributed by atoms with E-state index in [9.17, 15) is 8.42 Å². The van der Waals surface area contributed by atoms with Crippen LogP contribution in [0.5, 0.6) is 0 Å². The molecule has 1 saturated heterocycles. The van der Waals surface area contributed by atoms with Gasteiger partial charge in [-0.1, -0.05) is 37.1 Å². The molecule has 0 amide bonds. The third-order valence-corrected chi connectivity index (χ3v) is 6.08. The molecule has 0 aromatic heterocycles. The van der Waals surface area contributed by atoms with Crippen molar-refractivity contribution < 1.29 is 8.42 Å². The minimum Gasteiger partial charge on any atom is -0.313 e. The van der Waals surface area contributed by atoms with E-state index in [2.05, 4.69) is 5.32 Å². The van der Waals surface area contributed by atoms with Gasteiger partial charge in [-0.3, -0.25) is 0 Å². The largest absolute Gasteiger partial charge is 0.313 e. The maximum atomic E-state index is 12.7. The average Bonchev–Trinajstić information content (AvgIpc) is 2.46. The molecule has 1 unspecified atom stereocenters. The molecule has 1 aliphatic heterocycles. The van der Waals surface area contributed by atoms with Crippen molar-refractivity contribution in [2.75, 3.05) is 19.6 Å². The molecule has 112 valence electrons. The van der Waals surface area contributed by atoms with Crippen LogP contribution in [0.4, 0.5) is 0 Å². The summed E-state index contributed by atoms with van der Waals surface area (Å²) in [6.45, 7) is 3.78. The molecule has 0 spiro atoms. The predicted molar refractivity (Wildman–Crippen MR) is 81.5 cm³/mol. The van der Waals surface area contributed by atoms with Crippen molar-refractivity contribution in [2.45, 2.75) is 37.1 Å². The summed E-state index contributed by atoms with van der Waals surface area (Å²) < 4.78 is 26.9. The quantitative estimate of drug-likeness (QED) is 0.908. The first kappa shape index (κ1) is 15.8. The maximum absolute atomic E-state index is 12.7. The van der Waals surface area contributed by atoms with Crippen LogP contribution in [-0.2, 0) is 10.0 Å². The Morgan fingerprint density at radius 1 is 1.35 bits per heavy atom. The molecule has 1 aliphatic rings. The normalized spacial score (nSPS) is 20.2. The van der Waals surface area contributed by atoms with Gasteiger partial charge in [-0.25, -0.2) is 8.42 Å². The zero-order valence-electron chi connectivity index (χ0n) is 11.7. The van der Waals surface area contributed by atoms with Crippen molar-refractivity contribution in [1.29, 1.82) is 0 Å². The van der Waals surface area contributed by atoms with Crippen LogP contribution in [0.3, 0.4) is 0 Å². The maximum Gasteiger partial charge on any atom is 0.244 e. The summed E-state index contributed by atoms with van der Waals surface area (Å²) in [6.07, 6.45) is 3.34. The number of rotatable bonds is 5. The van der Waals surface area contributed by atoms with Gasteiger partial charge in [0.25, 0.3) is 0 Å². The Morgan fingerprint density at radius 2 is 2.10 bits per heavy atom. The average molecular weight is 317 g/mol. The number of nitrogens with zero attached hydrogens (tertiary/aromatic N) is 1. The van der Waals surface area contributed by atoms with Crippen molar-refractivity contribution in [3.63, 3.8) is 0 Å². The monoisotopic (exact) mass is 316 g/mol. The van der Waals surface area contributed by atoms with Gasteiger partial charge in [-0.05, 0) is 31.5 Å². The molecule has 1 aromatic carbocycles. The van der Waals surface area contributed by atoms with Gasteiger partial charge in [0.15, 0.2) is 0 Å². The highest BCUT2D eigenvalue weighted by Crippen LogP contribution is 2.24.